The van der Waals surface area contributed by atoms with Gasteiger partial charge in [-0.3, -0.25) is 13.7 Å². The molecule has 0 saturated carbocycles. The molecule has 1 aromatic heterocycles. The minimum atomic E-state index is -4.86. The highest BCUT2D eigenvalue weighted by Gasteiger charge is 2.35. The summed E-state index contributed by atoms with van der Waals surface area (Å²) in [6, 6.07) is 7.51. The van der Waals surface area contributed by atoms with Gasteiger partial charge in [0.1, 0.15) is 28.7 Å². The molecule has 2 heterocycles. The number of nitrogens with zero attached hydrogens (tertiary/aromatic N) is 3. The average Bonchev–Trinajstić information content (AvgIpc) is 2.96. The Kier molecular flexibility index (Phi) is 11.0. The Morgan fingerprint density at radius 1 is 1.11 bits per heavy atom. The number of halogens is 5. The number of pyridine rings is 1. The van der Waals surface area contributed by atoms with Crippen molar-refractivity contribution >= 4 is 46.4 Å². The lowest BCUT2D eigenvalue weighted by atomic mass is 9.97. The molecule has 1 saturated heterocycles. The zero-order valence-corrected chi connectivity index (χ0v) is 27.4. The van der Waals surface area contributed by atoms with E-state index in [9.17, 15) is 35.9 Å². The van der Waals surface area contributed by atoms with Crippen LogP contribution in [0.2, 0.25) is 5.02 Å². The molecule has 1 atom stereocenters. The largest absolute Gasteiger partial charge is 0.456 e. The number of anilines is 2. The van der Waals surface area contributed by atoms with Crippen LogP contribution in [0.25, 0.3) is 0 Å². The number of nitrogens with one attached hydrogen (secondary N) is 1. The molecule has 0 spiro atoms. The molecule has 16 heteroatoms. The van der Waals surface area contributed by atoms with Gasteiger partial charge < -0.3 is 19.7 Å². The maximum absolute atomic E-state index is 13.7. The van der Waals surface area contributed by atoms with Crippen LogP contribution in [0.5, 0.6) is 11.5 Å². The molecule has 1 aliphatic heterocycles. The summed E-state index contributed by atoms with van der Waals surface area (Å²) >= 11 is 3.42. The lowest BCUT2D eigenvalue weighted by Crippen LogP contribution is -2.44. The Morgan fingerprint density at radius 2 is 1.79 bits per heavy atom. The van der Waals surface area contributed by atoms with Gasteiger partial charge >= 0.3 is 12.3 Å². The number of rotatable bonds is 8. The molecule has 2 N–H and O–H groups in total. The highest BCUT2D eigenvalue weighted by molar-refractivity contribution is 7.80. The van der Waals surface area contributed by atoms with Crippen LogP contribution in [0.1, 0.15) is 55.1 Å². The van der Waals surface area contributed by atoms with Crippen molar-refractivity contribution in [1.82, 2.24) is 9.88 Å². The lowest BCUT2D eigenvalue weighted by molar-refractivity contribution is -0.137. The third-order valence-electron chi connectivity index (χ3n) is 7.11. The van der Waals surface area contributed by atoms with Gasteiger partial charge in [0.25, 0.3) is 17.2 Å². The van der Waals surface area contributed by atoms with E-state index in [1.54, 1.807) is 25.7 Å². The third-order valence-corrected chi connectivity index (χ3v) is 8.14. The van der Waals surface area contributed by atoms with Crippen LogP contribution in [0.3, 0.4) is 0 Å². The molecule has 10 nitrogen and oxygen atoms in total. The van der Waals surface area contributed by atoms with Crippen molar-refractivity contribution in [1.29, 1.82) is 0 Å². The number of alkyl halides is 3. The number of carbonyl (C=O) groups excluding carboxylic acids is 2. The first kappa shape index (κ1) is 35.9. The van der Waals surface area contributed by atoms with Crippen LogP contribution in [0, 0.1) is 18.7 Å². The highest BCUT2D eigenvalue weighted by atomic mass is 35.5. The summed E-state index contributed by atoms with van der Waals surface area (Å²) < 4.78 is 89.3. The molecule has 0 aliphatic carbocycles. The zero-order valence-electron chi connectivity index (χ0n) is 25.9. The van der Waals surface area contributed by atoms with Gasteiger partial charge in [0.15, 0.2) is 0 Å². The molecular formula is C31H33ClF4N4O6S. The first-order valence-electron chi connectivity index (χ1n) is 14.4. The van der Waals surface area contributed by atoms with Gasteiger partial charge in [-0.15, -0.1) is 0 Å². The van der Waals surface area contributed by atoms with Crippen molar-refractivity contribution < 1.29 is 45.4 Å². The average molecular weight is 701 g/mol. The normalized spacial score (nSPS) is 14.8. The summed E-state index contributed by atoms with van der Waals surface area (Å²) in [7, 11) is 0. The molecule has 254 valence electrons. The number of carbonyl (C=O) groups is 2. The van der Waals surface area contributed by atoms with Crippen molar-refractivity contribution in [3.8, 4) is 11.5 Å². The predicted octanol–water partition coefficient (Wildman–Crippen LogP) is 7.84. The van der Waals surface area contributed by atoms with E-state index >= 15 is 0 Å². The second-order valence-electron chi connectivity index (χ2n) is 11.9. The first-order valence-corrected chi connectivity index (χ1v) is 15.8. The summed E-state index contributed by atoms with van der Waals surface area (Å²) in [6.07, 6.45) is -2.94. The van der Waals surface area contributed by atoms with Crippen molar-refractivity contribution in [2.24, 2.45) is 5.92 Å². The molecule has 1 aliphatic rings. The van der Waals surface area contributed by atoms with Crippen LogP contribution in [-0.2, 0) is 22.2 Å². The van der Waals surface area contributed by atoms with Gasteiger partial charge in [0.05, 0.1) is 16.1 Å². The second kappa shape index (κ2) is 14.4. The smallest absolute Gasteiger partial charge is 0.417 e. The van der Waals surface area contributed by atoms with Crippen molar-refractivity contribution in [3.05, 3.63) is 76.2 Å². The fourth-order valence-electron chi connectivity index (χ4n) is 4.81. The zero-order chi connectivity index (χ0) is 34.7. The number of likely N-dealkylation sites (tertiary alicyclic amines) is 1. The Labute approximate surface area is 276 Å². The second-order valence-corrected chi connectivity index (χ2v) is 13.2. The number of benzene rings is 2. The Bertz CT molecular complexity index is 1660. The number of aryl methyl sites for hydroxylation is 1. The Hall–Kier alpha value is -3.95. The summed E-state index contributed by atoms with van der Waals surface area (Å²) in [4.78, 5) is 31.6. The molecule has 4 rings (SSSR count). The van der Waals surface area contributed by atoms with Gasteiger partial charge in [-0.25, -0.2) is 18.4 Å². The van der Waals surface area contributed by atoms with Gasteiger partial charge in [-0.05, 0) is 88.4 Å². The number of ether oxygens (including phenoxy) is 2. The Morgan fingerprint density at radius 3 is 2.38 bits per heavy atom. The fourth-order valence-corrected chi connectivity index (χ4v) is 5.67. The van der Waals surface area contributed by atoms with E-state index in [0.717, 1.165) is 22.5 Å². The van der Waals surface area contributed by atoms with E-state index in [4.69, 9.17) is 21.1 Å². The molecule has 47 heavy (non-hydrogen) atoms. The number of aromatic nitrogens is 1. The van der Waals surface area contributed by atoms with Gasteiger partial charge in [0, 0.05) is 37.6 Å². The summed E-state index contributed by atoms with van der Waals surface area (Å²) in [5.41, 5.74) is -1.86. The molecule has 3 aromatic rings. The lowest BCUT2D eigenvalue weighted by Gasteiger charge is -2.35. The van der Waals surface area contributed by atoms with E-state index in [1.165, 1.54) is 31.3 Å². The minimum Gasteiger partial charge on any atom is -0.456 e. The summed E-state index contributed by atoms with van der Waals surface area (Å²) in [5.74, 6) is -1.99. The van der Waals surface area contributed by atoms with Gasteiger partial charge in [-0.2, -0.15) is 13.2 Å². The molecule has 2 aromatic carbocycles. The maximum Gasteiger partial charge on any atom is 0.417 e. The van der Waals surface area contributed by atoms with Crippen LogP contribution in [0.15, 0.2) is 48.7 Å². The maximum atomic E-state index is 13.7. The van der Waals surface area contributed by atoms with Gasteiger partial charge in [0.2, 0.25) is 0 Å². The summed E-state index contributed by atoms with van der Waals surface area (Å²) in [5, 5.41) is 1.79. The van der Waals surface area contributed by atoms with E-state index < -0.39 is 57.2 Å². The molecule has 0 bridgehead atoms. The number of hydrogen-bond donors (Lipinski definition) is 2. The van der Waals surface area contributed by atoms with E-state index in [2.05, 4.69) is 10.3 Å². The van der Waals surface area contributed by atoms with Crippen molar-refractivity contribution in [2.75, 3.05) is 29.3 Å². The molecule has 1 fully saturated rings. The minimum absolute atomic E-state index is 0.0140. The standard InChI is InChI=1S/C31H33ClF4N4O6S/c1-18-13-20(33)5-6-25(18)45-26-16-23(31(34,35)36)24(32)15-22(26)28(41)38-21-7-10-37-27(14-21)40(47(43)44)17-19-8-11-39(12-9-19)29(42)46-30(2,3)4/h5-7,10,13-16,19H,8-9,11-12,17H2,1-4H3,(H,43,44)(H,37,38,41). The topological polar surface area (TPSA) is 121 Å². The van der Waals surface area contributed by atoms with Crippen LogP contribution in [-0.4, -0.2) is 55.9 Å². The SMILES string of the molecule is Cc1cc(F)ccc1Oc1cc(C(F)(F)F)c(Cl)cc1C(=O)Nc1ccnc(N(CC2CCN(C(=O)OC(C)(C)C)CC2)S(=O)O)c1. The highest BCUT2D eigenvalue weighted by Crippen LogP contribution is 2.40. The number of hydrogen-bond acceptors (Lipinski definition) is 6. The predicted molar refractivity (Wildman–Crippen MR) is 169 cm³/mol. The monoisotopic (exact) mass is 700 g/mol. The van der Waals surface area contributed by atoms with Crippen LogP contribution in [0.4, 0.5) is 33.9 Å². The molecule has 1 unspecified atom stereocenters. The van der Waals surface area contributed by atoms with Crippen molar-refractivity contribution in [3.63, 3.8) is 0 Å². The van der Waals surface area contributed by atoms with E-state index in [0.29, 0.717) is 32.0 Å². The Balaban J connectivity index is 1.53. The molecular weight excluding hydrogens is 668 g/mol. The fraction of sp³-hybridized carbons (Fsp3) is 0.387. The van der Waals surface area contributed by atoms with E-state index in [1.807, 2.05) is 0 Å². The summed E-state index contributed by atoms with van der Waals surface area (Å²) in [6.45, 7) is 7.71. The molecule has 2 amide bonds. The number of amides is 2. The van der Waals surface area contributed by atoms with Crippen LogP contribution >= 0.6 is 11.6 Å². The van der Waals surface area contributed by atoms with Crippen molar-refractivity contribution in [2.45, 2.75) is 52.3 Å². The first-order chi connectivity index (χ1) is 21.9. The molecule has 0 radical (unpaired) electrons. The third kappa shape index (κ3) is 9.55. The van der Waals surface area contributed by atoms with Crippen LogP contribution < -0.4 is 14.4 Å². The number of piperidine rings is 1. The van der Waals surface area contributed by atoms with Gasteiger partial charge in [-0.1, -0.05) is 11.6 Å². The quantitative estimate of drug-likeness (QED) is 0.181. The van der Waals surface area contributed by atoms with E-state index in [-0.39, 0.29) is 40.8 Å².